The molecule has 0 heterocycles. The zero-order chi connectivity index (χ0) is 27.8. The molecule has 0 spiro atoms. The summed E-state index contributed by atoms with van der Waals surface area (Å²) in [5.41, 5.74) is 3.18. The Labute approximate surface area is 227 Å². The molecule has 3 aromatic carbocycles. The summed E-state index contributed by atoms with van der Waals surface area (Å²) in [6.45, 7) is -0.0441. The number of carbonyl (C=O) groups is 2. The number of aliphatic hydroxyl groups excluding tert-OH is 3. The molecule has 9 heteroatoms. The molecule has 4 rings (SSSR count). The lowest BCUT2D eigenvalue weighted by molar-refractivity contribution is -0.170. The van der Waals surface area contributed by atoms with Crippen LogP contribution in [-0.2, 0) is 38.7 Å². The molecular weight excluding hydrogens is 500 g/mol. The third kappa shape index (κ3) is 7.08. The van der Waals surface area contributed by atoms with Gasteiger partial charge in [-0.15, -0.1) is 0 Å². The Kier molecular flexibility index (Phi) is 9.80. The van der Waals surface area contributed by atoms with E-state index in [4.69, 9.17) is 9.47 Å². The Balaban J connectivity index is 1.54. The number of hydrogen-bond donors (Lipinski definition) is 5. The summed E-state index contributed by atoms with van der Waals surface area (Å²) in [6, 6.07) is 24.8. The van der Waals surface area contributed by atoms with E-state index in [0.29, 0.717) is 6.42 Å². The average Bonchev–Trinajstić information content (AvgIpc) is 3.28. The van der Waals surface area contributed by atoms with Crippen molar-refractivity contribution in [3.05, 3.63) is 107 Å². The summed E-state index contributed by atoms with van der Waals surface area (Å²) in [4.78, 5) is 26.1. The molecule has 0 saturated carbocycles. The Morgan fingerprint density at radius 3 is 1.82 bits per heavy atom. The van der Waals surface area contributed by atoms with Gasteiger partial charge in [0.15, 0.2) is 12.2 Å². The SMILES string of the molecule is CNC(=O)[C@H](OCc1ccccc1)[C@H](O)[C@@H](O)[C@@H](OCc1ccccc1)C(=O)N[C@@H]1c2ccccc2C[C@@H]1O. The van der Waals surface area contributed by atoms with Crippen molar-refractivity contribution in [1.29, 1.82) is 0 Å². The Morgan fingerprint density at radius 2 is 1.28 bits per heavy atom. The molecule has 0 bridgehead atoms. The molecule has 0 radical (unpaired) electrons. The molecule has 9 nitrogen and oxygen atoms in total. The van der Waals surface area contributed by atoms with E-state index < -0.39 is 48.4 Å². The molecule has 5 N–H and O–H groups in total. The lowest BCUT2D eigenvalue weighted by atomic mass is 10.00. The van der Waals surface area contributed by atoms with E-state index >= 15 is 0 Å². The van der Waals surface area contributed by atoms with Crippen molar-refractivity contribution in [3.63, 3.8) is 0 Å². The second-order valence-corrected chi connectivity index (χ2v) is 9.49. The molecule has 39 heavy (non-hydrogen) atoms. The molecule has 0 fully saturated rings. The van der Waals surface area contributed by atoms with E-state index in [1.807, 2.05) is 60.7 Å². The quantitative estimate of drug-likeness (QED) is 0.237. The topological polar surface area (TPSA) is 137 Å². The number of likely N-dealkylation sites (N-methyl/N-ethyl adjacent to an activating group) is 1. The maximum absolute atomic E-state index is 13.5. The highest BCUT2D eigenvalue weighted by Crippen LogP contribution is 2.31. The number of benzene rings is 3. The van der Waals surface area contributed by atoms with Crippen LogP contribution in [-0.4, -0.2) is 64.7 Å². The molecule has 0 aromatic heterocycles. The summed E-state index contributed by atoms with van der Waals surface area (Å²) >= 11 is 0. The summed E-state index contributed by atoms with van der Waals surface area (Å²) in [5, 5.41) is 38.1. The number of fused-ring (bicyclic) bond motifs is 1. The second-order valence-electron chi connectivity index (χ2n) is 9.49. The van der Waals surface area contributed by atoms with E-state index in [1.165, 1.54) is 7.05 Å². The van der Waals surface area contributed by atoms with Crippen molar-refractivity contribution in [2.45, 2.75) is 56.2 Å². The van der Waals surface area contributed by atoms with Gasteiger partial charge in [0, 0.05) is 13.5 Å². The van der Waals surface area contributed by atoms with Gasteiger partial charge in [-0.2, -0.15) is 0 Å². The van der Waals surface area contributed by atoms with E-state index in [1.54, 1.807) is 24.3 Å². The smallest absolute Gasteiger partial charge is 0.252 e. The van der Waals surface area contributed by atoms with E-state index in [-0.39, 0.29) is 13.2 Å². The highest BCUT2D eigenvalue weighted by molar-refractivity contribution is 5.84. The van der Waals surface area contributed by atoms with Gasteiger partial charge in [-0.3, -0.25) is 9.59 Å². The van der Waals surface area contributed by atoms with Crippen LogP contribution < -0.4 is 10.6 Å². The third-order valence-corrected chi connectivity index (χ3v) is 6.78. The molecule has 2 amide bonds. The van der Waals surface area contributed by atoms with Gasteiger partial charge in [-0.1, -0.05) is 84.9 Å². The maximum Gasteiger partial charge on any atom is 0.252 e. The van der Waals surface area contributed by atoms with E-state index in [9.17, 15) is 24.9 Å². The summed E-state index contributed by atoms with van der Waals surface area (Å²) in [6.07, 6.45) is -7.20. The molecule has 6 atom stereocenters. The van der Waals surface area contributed by atoms with Crippen LogP contribution in [0.1, 0.15) is 28.3 Å². The van der Waals surface area contributed by atoms with Crippen LogP contribution >= 0.6 is 0 Å². The monoisotopic (exact) mass is 534 g/mol. The number of carbonyl (C=O) groups excluding carboxylic acids is 2. The van der Waals surface area contributed by atoms with Crippen molar-refractivity contribution >= 4 is 11.8 Å². The molecule has 0 saturated heterocycles. The van der Waals surface area contributed by atoms with Gasteiger partial charge in [0.05, 0.1) is 25.4 Å². The van der Waals surface area contributed by atoms with Crippen molar-refractivity contribution < 1.29 is 34.4 Å². The van der Waals surface area contributed by atoms with Crippen LogP contribution in [0.5, 0.6) is 0 Å². The van der Waals surface area contributed by atoms with Crippen molar-refractivity contribution in [3.8, 4) is 0 Å². The predicted octanol–water partition coefficient (Wildman–Crippen LogP) is 1.40. The molecule has 1 aliphatic carbocycles. The predicted molar refractivity (Wildman–Crippen MR) is 143 cm³/mol. The largest absolute Gasteiger partial charge is 0.390 e. The normalized spacial score (nSPS) is 19.4. The minimum absolute atomic E-state index is 0.00447. The fourth-order valence-corrected chi connectivity index (χ4v) is 4.66. The standard InChI is InChI=1S/C30H34N2O7/c1-31-29(36)27(38-17-19-10-4-2-5-11-19)25(34)26(35)28(39-18-20-12-6-3-7-13-20)30(37)32-24-22-15-9-8-14-21(22)16-23(24)33/h2-15,23-28,33-35H,16-18H2,1H3,(H,31,36)(H,32,37)/t23-,24+,25+,26+,27+,28+/m0/s1. The molecule has 206 valence electrons. The summed E-state index contributed by atoms with van der Waals surface area (Å²) in [7, 11) is 1.38. The number of amides is 2. The first kappa shape index (κ1) is 28.4. The van der Waals surface area contributed by atoms with Crippen molar-refractivity contribution in [2.75, 3.05) is 7.05 Å². The van der Waals surface area contributed by atoms with Gasteiger partial charge >= 0.3 is 0 Å². The van der Waals surface area contributed by atoms with Crippen LogP contribution in [0.15, 0.2) is 84.9 Å². The third-order valence-electron chi connectivity index (χ3n) is 6.78. The minimum atomic E-state index is -1.83. The first-order valence-corrected chi connectivity index (χ1v) is 12.8. The minimum Gasteiger partial charge on any atom is -0.390 e. The number of aliphatic hydroxyl groups is 3. The van der Waals surface area contributed by atoms with Crippen molar-refractivity contribution in [2.24, 2.45) is 0 Å². The van der Waals surface area contributed by atoms with Crippen LogP contribution in [0, 0.1) is 0 Å². The molecule has 3 aromatic rings. The fourth-order valence-electron chi connectivity index (χ4n) is 4.66. The second kappa shape index (κ2) is 13.5. The van der Waals surface area contributed by atoms with Gasteiger partial charge in [-0.05, 0) is 22.3 Å². The summed E-state index contributed by atoms with van der Waals surface area (Å²) in [5.74, 6) is -1.41. The summed E-state index contributed by atoms with van der Waals surface area (Å²) < 4.78 is 11.5. The van der Waals surface area contributed by atoms with E-state index in [2.05, 4.69) is 10.6 Å². The van der Waals surface area contributed by atoms with E-state index in [0.717, 1.165) is 22.3 Å². The van der Waals surface area contributed by atoms with Crippen LogP contribution in [0.4, 0.5) is 0 Å². The van der Waals surface area contributed by atoms with Gasteiger partial charge in [0.1, 0.15) is 12.2 Å². The Morgan fingerprint density at radius 1 is 0.795 bits per heavy atom. The Bertz CT molecular complexity index is 1220. The molecule has 0 aliphatic heterocycles. The van der Waals surface area contributed by atoms with Gasteiger partial charge in [0.25, 0.3) is 11.8 Å². The van der Waals surface area contributed by atoms with Gasteiger partial charge in [-0.25, -0.2) is 0 Å². The number of ether oxygens (including phenoxy) is 2. The van der Waals surface area contributed by atoms with Gasteiger partial charge in [0.2, 0.25) is 0 Å². The maximum atomic E-state index is 13.5. The van der Waals surface area contributed by atoms with Crippen LogP contribution in [0.25, 0.3) is 0 Å². The first-order chi connectivity index (χ1) is 18.9. The zero-order valence-electron chi connectivity index (χ0n) is 21.6. The highest BCUT2D eigenvalue weighted by atomic mass is 16.5. The Hall–Kier alpha value is -3.60. The number of rotatable bonds is 12. The van der Waals surface area contributed by atoms with Crippen molar-refractivity contribution in [1.82, 2.24) is 10.6 Å². The average molecular weight is 535 g/mol. The highest BCUT2D eigenvalue weighted by Gasteiger charge is 2.42. The fraction of sp³-hybridized carbons (Fsp3) is 0.333. The molecular formula is C30H34N2O7. The van der Waals surface area contributed by atoms with Crippen LogP contribution in [0.3, 0.4) is 0 Å². The number of hydrogen-bond acceptors (Lipinski definition) is 7. The number of nitrogens with one attached hydrogen (secondary N) is 2. The molecule has 0 unspecified atom stereocenters. The van der Waals surface area contributed by atoms with Crippen LogP contribution in [0.2, 0.25) is 0 Å². The zero-order valence-corrected chi connectivity index (χ0v) is 21.6. The lowest BCUT2D eigenvalue weighted by Gasteiger charge is -2.31. The molecule has 1 aliphatic rings. The first-order valence-electron chi connectivity index (χ1n) is 12.8. The van der Waals surface area contributed by atoms with Gasteiger partial charge < -0.3 is 35.4 Å². The lowest BCUT2D eigenvalue weighted by Crippen LogP contribution is -2.56.